The van der Waals surface area contributed by atoms with Crippen LogP contribution in [0.4, 0.5) is 5.69 Å². The predicted molar refractivity (Wildman–Crippen MR) is 88.3 cm³/mol. The van der Waals surface area contributed by atoms with E-state index in [-0.39, 0.29) is 12.3 Å². The zero-order valence-corrected chi connectivity index (χ0v) is 13.7. The van der Waals surface area contributed by atoms with Crippen molar-refractivity contribution in [3.63, 3.8) is 0 Å². The summed E-state index contributed by atoms with van der Waals surface area (Å²) in [6.45, 7) is 1.34. The van der Waals surface area contributed by atoms with Gasteiger partial charge in [0.2, 0.25) is 5.91 Å². The summed E-state index contributed by atoms with van der Waals surface area (Å²) in [6.07, 6.45) is -0.520. The number of esters is 1. The maximum Gasteiger partial charge on any atom is 0.303 e. The van der Waals surface area contributed by atoms with Gasteiger partial charge in [-0.15, -0.1) is 0 Å². The molecule has 0 heterocycles. The van der Waals surface area contributed by atoms with Crippen molar-refractivity contribution in [2.45, 2.75) is 19.4 Å². The molecule has 0 aliphatic rings. The van der Waals surface area contributed by atoms with E-state index in [1.54, 1.807) is 12.1 Å². The Bertz CT molecular complexity index is 641. The topological polar surface area (TPSA) is 55.4 Å². The predicted octanol–water partition coefficient (Wildman–Crippen LogP) is 4.08. The normalized spacial score (nSPS) is 11.5. The molecule has 0 aromatic heterocycles. The van der Waals surface area contributed by atoms with Gasteiger partial charge in [-0.3, -0.25) is 9.59 Å². The number of ether oxygens (including phenoxy) is 1. The van der Waals surface area contributed by atoms with Crippen LogP contribution in [0.15, 0.2) is 59.1 Å². The van der Waals surface area contributed by atoms with E-state index >= 15 is 0 Å². The molecule has 0 aliphatic heterocycles. The number of hydrogen-bond acceptors (Lipinski definition) is 3. The molecule has 2 aromatic carbocycles. The maximum atomic E-state index is 12.1. The van der Waals surface area contributed by atoms with Gasteiger partial charge in [0.15, 0.2) is 0 Å². The van der Waals surface area contributed by atoms with Crippen molar-refractivity contribution in [3.8, 4) is 0 Å². The van der Waals surface area contributed by atoms with E-state index in [9.17, 15) is 9.59 Å². The molecule has 114 valence electrons. The molecule has 0 aliphatic carbocycles. The van der Waals surface area contributed by atoms with Gasteiger partial charge in [-0.25, -0.2) is 0 Å². The van der Waals surface area contributed by atoms with Crippen LogP contribution >= 0.6 is 15.9 Å². The van der Waals surface area contributed by atoms with E-state index in [0.29, 0.717) is 5.69 Å². The Morgan fingerprint density at radius 2 is 1.73 bits per heavy atom. The lowest BCUT2D eigenvalue weighted by molar-refractivity contribution is -0.147. The molecular weight excluding hydrogens is 346 g/mol. The summed E-state index contributed by atoms with van der Waals surface area (Å²) < 4.78 is 6.19. The van der Waals surface area contributed by atoms with Gasteiger partial charge in [0.25, 0.3) is 0 Å². The van der Waals surface area contributed by atoms with Crippen LogP contribution in [0.3, 0.4) is 0 Å². The van der Waals surface area contributed by atoms with E-state index in [1.165, 1.54) is 6.92 Å². The quantitative estimate of drug-likeness (QED) is 0.816. The van der Waals surface area contributed by atoms with E-state index in [4.69, 9.17) is 4.74 Å². The lowest BCUT2D eigenvalue weighted by atomic mass is 10.1. The molecule has 0 bridgehead atoms. The van der Waals surface area contributed by atoms with E-state index < -0.39 is 12.1 Å². The molecule has 1 N–H and O–H groups in total. The average molecular weight is 362 g/mol. The number of benzene rings is 2. The molecule has 2 rings (SSSR count). The molecule has 5 heteroatoms. The monoisotopic (exact) mass is 361 g/mol. The lowest BCUT2D eigenvalue weighted by Crippen LogP contribution is -2.18. The minimum atomic E-state index is -0.589. The van der Waals surface area contributed by atoms with Gasteiger partial charge in [-0.05, 0) is 29.8 Å². The zero-order chi connectivity index (χ0) is 15.9. The summed E-state index contributed by atoms with van der Waals surface area (Å²) >= 11 is 3.34. The fraction of sp³-hybridized carbons (Fsp3) is 0.176. The van der Waals surface area contributed by atoms with Gasteiger partial charge in [0.05, 0.1) is 6.42 Å². The summed E-state index contributed by atoms with van der Waals surface area (Å²) in [4.78, 5) is 23.4. The molecule has 2 aromatic rings. The fourth-order valence-electron chi connectivity index (χ4n) is 2.01. The van der Waals surface area contributed by atoms with Crippen molar-refractivity contribution in [3.05, 3.63) is 64.6 Å². The Morgan fingerprint density at radius 1 is 1.09 bits per heavy atom. The number of halogens is 1. The smallest absolute Gasteiger partial charge is 0.303 e. The Balaban J connectivity index is 2.04. The minimum Gasteiger partial charge on any atom is -0.457 e. The highest BCUT2D eigenvalue weighted by molar-refractivity contribution is 9.10. The van der Waals surface area contributed by atoms with Crippen LogP contribution in [-0.2, 0) is 14.3 Å². The van der Waals surface area contributed by atoms with Crippen LogP contribution < -0.4 is 5.32 Å². The third-order valence-electron chi connectivity index (χ3n) is 2.98. The largest absolute Gasteiger partial charge is 0.457 e. The highest BCUT2D eigenvalue weighted by Crippen LogP contribution is 2.22. The van der Waals surface area contributed by atoms with Crippen molar-refractivity contribution in [2.75, 3.05) is 5.32 Å². The van der Waals surface area contributed by atoms with Crippen LogP contribution in [0.25, 0.3) is 0 Å². The first-order valence-electron chi connectivity index (χ1n) is 6.82. The van der Waals surface area contributed by atoms with Gasteiger partial charge < -0.3 is 10.1 Å². The van der Waals surface area contributed by atoms with Crippen molar-refractivity contribution in [1.29, 1.82) is 0 Å². The maximum absolute atomic E-state index is 12.1. The SMILES string of the molecule is CC(=O)OC(CC(=O)Nc1ccc(Br)cc1)c1ccccc1. The fourth-order valence-corrected chi connectivity index (χ4v) is 2.27. The van der Waals surface area contributed by atoms with E-state index in [2.05, 4.69) is 21.2 Å². The van der Waals surface area contributed by atoms with Crippen molar-refractivity contribution >= 4 is 33.5 Å². The van der Waals surface area contributed by atoms with E-state index in [0.717, 1.165) is 10.0 Å². The average Bonchev–Trinajstić information content (AvgIpc) is 2.49. The number of rotatable bonds is 5. The number of carbonyl (C=O) groups excluding carboxylic acids is 2. The van der Waals surface area contributed by atoms with Crippen LogP contribution in [0.2, 0.25) is 0 Å². The van der Waals surface area contributed by atoms with Crippen LogP contribution in [0.1, 0.15) is 25.0 Å². The molecule has 0 spiro atoms. The van der Waals surface area contributed by atoms with Gasteiger partial charge in [-0.1, -0.05) is 46.3 Å². The van der Waals surface area contributed by atoms with Crippen molar-refractivity contribution in [2.24, 2.45) is 0 Å². The molecule has 1 unspecified atom stereocenters. The third-order valence-corrected chi connectivity index (χ3v) is 3.51. The van der Waals surface area contributed by atoms with Gasteiger partial charge in [-0.2, -0.15) is 0 Å². The summed E-state index contributed by atoms with van der Waals surface area (Å²) in [5, 5.41) is 2.79. The number of carbonyl (C=O) groups is 2. The van der Waals surface area contributed by atoms with E-state index in [1.807, 2.05) is 42.5 Å². The van der Waals surface area contributed by atoms with Crippen LogP contribution in [0.5, 0.6) is 0 Å². The van der Waals surface area contributed by atoms with Gasteiger partial charge in [0.1, 0.15) is 6.10 Å². The number of anilines is 1. The Hall–Kier alpha value is -2.14. The first-order chi connectivity index (χ1) is 10.5. The second-order valence-corrected chi connectivity index (χ2v) is 5.68. The Kier molecular flexibility index (Phi) is 5.72. The van der Waals surface area contributed by atoms with Gasteiger partial charge >= 0.3 is 5.97 Å². The summed E-state index contributed by atoms with van der Waals surface area (Å²) in [6, 6.07) is 16.5. The first kappa shape index (κ1) is 16.2. The third kappa shape index (κ3) is 5.00. The molecule has 0 radical (unpaired) electrons. The molecule has 0 saturated carbocycles. The zero-order valence-electron chi connectivity index (χ0n) is 12.1. The molecule has 0 fully saturated rings. The second kappa shape index (κ2) is 7.75. The molecule has 4 nitrogen and oxygen atoms in total. The number of hydrogen-bond donors (Lipinski definition) is 1. The highest BCUT2D eigenvalue weighted by Gasteiger charge is 2.19. The Labute approximate surface area is 137 Å². The molecular formula is C17H16BrNO3. The number of nitrogens with one attached hydrogen (secondary N) is 1. The Morgan fingerprint density at radius 3 is 2.32 bits per heavy atom. The van der Waals surface area contributed by atoms with Crippen LogP contribution in [-0.4, -0.2) is 11.9 Å². The number of amides is 1. The molecule has 0 saturated heterocycles. The summed E-state index contributed by atoms with van der Waals surface area (Å²) in [7, 11) is 0. The van der Waals surface area contributed by atoms with Crippen LogP contribution in [0, 0.1) is 0 Å². The highest BCUT2D eigenvalue weighted by atomic mass is 79.9. The lowest BCUT2D eigenvalue weighted by Gasteiger charge is -2.17. The molecule has 1 atom stereocenters. The van der Waals surface area contributed by atoms with Gasteiger partial charge in [0, 0.05) is 17.1 Å². The first-order valence-corrected chi connectivity index (χ1v) is 7.61. The minimum absolute atomic E-state index is 0.0691. The van der Waals surface area contributed by atoms with Crippen molar-refractivity contribution in [1.82, 2.24) is 0 Å². The second-order valence-electron chi connectivity index (χ2n) is 4.77. The van der Waals surface area contributed by atoms with Crippen molar-refractivity contribution < 1.29 is 14.3 Å². The summed E-state index contributed by atoms with van der Waals surface area (Å²) in [5.74, 6) is -0.622. The summed E-state index contributed by atoms with van der Waals surface area (Å²) in [5.41, 5.74) is 1.49. The standard InChI is InChI=1S/C17H16BrNO3/c1-12(20)22-16(13-5-3-2-4-6-13)11-17(21)19-15-9-7-14(18)8-10-15/h2-10,16H,11H2,1H3,(H,19,21). The molecule has 1 amide bonds. The molecule has 22 heavy (non-hydrogen) atoms.